The van der Waals surface area contributed by atoms with Crippen LogP contribution >= 0.6 is 0 Å². The van der Waals surface area contributed by atoms with Crippen molar-refractivity contribution in [3.63, 3.8) is 0 Å². The SMILES string of the molecule is c1ccc(-n2c3ccccc3c3c(-c4nc(-n5c6ccccc6c6cc7c8ccccc8n8c9ccc%10ccccc%10c9c(c65)c78)nc5ccccc45)cccc32)cc1.c1ccc(-n2c3ccccc3c3cc(-c4nc(-n5c6ccccc6c6cc7c8ccccc8n8c9ccc%10ccccc%10c9c(c65)c78)nc5ccccc45)ccc32)cc1. The van der Waals surface area contributed by atoms with E-state index in [-0.39, 0.29) is 0 Å². The van der Waals surface area contributed by atoms with Crippen molar-refractivity contribution < 1.29 is 0 Å². The van der Waals surface area contributed by atoms with E-state index >= 15 is 0 Å². The predicted molar refractivity (Wildman–Crippen MR) is 492 cm³/mol. The fourth-order valence-electron chi connectivity index (χ4n) is 20.8. The first-order valence-electron chi connectivity index (χ1n) is 40.4. The molecule has 10 heteroatoms. The Morgan fingerprint density at radius 1 is 0.178 bits per heavy atom. The third-order valence-corrected chi connectivity index (χ3v) is 25.5. The van der Waals surface area contributed by atoms with Gasteiger partial charge in [-0.1, -0.05) is 261 Å². The van der Waals surface area contributed by atoms with Crippen LogP contribution in [0.4, 0.5) is 0 Å². The number of benzene rings is 18. The molecule has 0 aliphatic rings. The van der Waals surface area contributed by atoms with E-state index < -0.39 is 0 Å². The first kappa shape index (κ1) is 63.5. The van der Waals surface area contributed by atoms with Crippen molar-refractivity contribution in [3.8, 4) is 45.8 Å². The molecule has 28 rings (SSSR count). The molecule has 10 nitrogen and oxygen atoms in total. The van der Waals surface area contributed by atoms with Gasteiger partial charge in [0.25, 0.3) is 0 Å². The van der Waals surface area contributed by atoms with Gasteiger partial charge < -0.3 is 17.9 Å². The lowest BCUT2D eigenvalue weighted by Crippen LogP contribution is -2.04. The number of rotatable bonds is 6. The van der Waals surface area contributed by atoms with Gasteiger partial charge in [-0.05, 0) is 137 Å². The summed E-state index contributed by atoms with van der Waals surface area (Å²) in [4.78, 5) is 22.3. The van der Waals surface area contributed by atoms with Crippen LogP contribution in [0.3, 0.4) is 0 Å². The zero-order valence-electron chi connectivity index (χ0n) is 63.3. The van der Waals surface area contributed by atoms with Gasteiger partial charge in [-0.2, -0.15) is 0 Å². The molecule has 0 unspecified atom stereocenters. The molecule has 18 aromatic carbocycles. The number of nitrogens with zero attached hydrogens (tertiary/aromatic N) is 10. The zero-order chi connectivity index (χ0) is 76.7. The van der Waals surface area contributed by atoms with E-state index in [1.807, 2.05) is 0 Å². The molecule has 0 saturated heterocycles. The van der Waals surface area contributed by atoms with Crippen LogP contribution in [0.1, 0.15) is 0 Å². The van der Waals surface area contributed by atoms with Gasteiger partial charge in [0.2, 0.25) is 11.9 Å². The highest BCUT2D eigenvalue weighted by Crippen LogP contribution is 2.52. The minimum absolute atomic E-state index is 0.653. The highest BCUT2D eigenvalue weighted by Gasteiger charge is 2.31. The number of fused-ring (bicyclic) bond motifs is 32. The van der Waals surface area contributed by atoms with Crippen molar-refractivity contribution in [1.29, 1.82) is 0 Å². The first-order valence-corrected chi connectivity index (χ1v) is 40.4. The number of hydrogen-bond donors (Lipinski definition) is 0. The van der Waals surface area contributed by atoms with Gasteiger partial charge in [-0.15, -0.1) is 0 Å². The molecule has 0 amide bonds. The smallest absolute Gasteiger partial charge is 0.235 e. The molecule has 118 heavy (non-hydrogen) atoms. The lowest BCUT2D eigenvalue weighted by atomic mass is 9.99. The molecule has 28 aromatic rings. The van der Waals surface area contributed by atoms with Crippen molar-refractivity contribution in [1.82, 2.24) is 47.0 Å². The van der Waals surface area contributed by atoms with Crippen molar-refractivity contribution in [2.75, 3.05) is 0 Å². The number of para-hydroxylation sites is 10. The Labute approximate surface area is 671 Å². The summed E-state index contributed by atoms with van der Waals surface area (Å²) < 4.78 is 14.4. The highest BCUT2D eigenvalue weighted by atomic mass is 15.2. The lowest BCUT2D eigenvalue weighted by molar-refractivity contribution is 1.02. The Kier molecular flexibility index (Phi) is 12.8. The fourth-order valence-corrected chi connectivity index (χ4v) is 20.8. The summed E-state index contributed by atoms with van der Waals surface area (Å²) in [7, 11) is 0. The lowest BCUT2D eigenvalue weighted by Gasteiger charge is -2.13. The van der Waals surface area contributed by atoms with Crippen LogP contribution in [0.5, 0.6) is 0 Å². The van der Waals surface area contributed by atoms with Crippen LogP contribution in [0.25, 0.3) is 253 Å². The summed E-state index contributed by atoms with van der Waals surface area (Å²) in [6.07, 6.45) is 0. The van der Waals surface area contributed by atoms with Gasteiger partial charge in [0.1, 0.15) is 0 Å². The van der Waals surface area contributed by atoms with Crippen molar-refractivity contribution >= 4 is 207 Å². The minimum Gasteiger partial charge on any atom is -0.309 e. The molecule has 10 heterocycles. The van der Waals surface area contributed by atoms with Crippen LogP contribution in [0.15, 0.2) is 376 Å². The van der Waals surface area contributed by atoms with Gasteiger partial charge in [-0.25, -0.2) is 19.9 Å². The maximum atomic E-state index is 5.72. The Balaban J connectivity index is 0.000000126. The van der Waals surface area contributed by atoms with Crippen LogP contribution in [0, 0.1) is 0 Å². The molecule has 544 valence electrons. The summed E-state index contributed by atoms with van der Waals surface area (Å²) in [5.41, 5.74) is 24.4. The van der Waals surface area contributed by atoms with Crippen LogP contribution in [0.2, 0.25) is 0 Å². The number of hydrogen-bond acceptors (Lipinski definition) is 4. The summed E-state index contributed by atoms with van der Waals surface area (Å²) in [5, 5.41) is 26.5. The third kappa shape index (κ3) is 8.52. The molecule has 10 aromatic heterocycles. The summed E-state index contributed by atoms with van der Waals surface area (Å²) >= 11 is 0. The van der Waals surface area contributed by atoms with E-state index in [0.29, 0.717) is 11.9 Å². The Bertz CT molecular complexity index is 9210. The van der Waals surface area contributed by atoms with E-state index in [0.717, 1.165) is 94.3 Å². The van der Waals surface area contributed by atoms with E-state index in [1.54, 1.807) is 0 Å². The van der Waals surface area contributed by atoms with Gasteiger partial charge >= 0.3 is 0 Å². The van der Waals surface area contributed by atoms with Gasteiger partial charge in [0.05, 0.1) is 99.7 Å². The van der Waals surface area contributed by atoms with Crippen molar-refractivity contribution in [2.24, 2.45) is 0 Å². The molecule has 0 N–H and O–H groups in total. The van der Waals surface area contributed by atoms with Crippen LogP contribution < -0.4 is 0 Å². The second kappa shape index (κ2) is 23.8. The van der Waals surface area contributed by atoms with E-state index in [9.17, 15) is 0 Å². The first-order chi connectivity index (χ1) is 58.6. The van der Waals surface area contributed by atoms with Crippen LogP contribution in [-0.4, -0.2) is 47.0 Å². The van der Waals surface area contributed by atoms with Crippen molar-refractivity contribution in [3.05, 3.63) is 376 Å². The topological polar surface area (TPSA) is 80.1 Å². The Hall–Kier alpha value is -16.0. The van der Waals surface area contributed by atoms with E-state index in [2.05, 4.69) is 403 Å². The molecule has 0 atom stereocenters. The van der Waals surface area contributed by atoms with E-state index in [1.165, 1.54) is 146 Å². The minimum atomic E-state index is 0.653. The summed E-state index contributed by atoms with van der Waals surface area (Å²) in [6.45, 7) is 0. The predicted octanol–water partition coefficient (Wildman–Crippen LogP) is 27.6. The molecule has 0 aliphatic heterocycles. The number of aromatic nitrogens is 10. The zero-order valence-corrected chi connectivity index (χ0v) is 63.3. The molecule has 0 fully saturated rings. The monoisotopic (exact) mass is 1500 g/mol. The van der Waals surface area contributed by atoms with Crippen LogP contribution in [-0.2, 0) is 0 Å². The van der Waals surface area contributed by atoms with Gasteiger partial charge in [0, 0.05) is 119 Å². The van der Waals surface area contributed by atoms with Gasteiger partial charge in [-0.3, -0.25) is 9.13 Å². The van der Waals surface area contributed by atoms with Crippen molar-refractivity contribution in [2.45, 2.75) is 0 Å². The normalized spacial score (nSPS) is 12.4. The second-order valence-corrected chi connectivity index (χ2v) is 31.4. The Morgan fingerprint density at radius 3 is 1.05 bits per heavy atom. The maximum absolute atomic E-state index is 5.72. The average molecular weight is 1500 g/mol. The maximum Gasteiger partial charge on any atom is 0.235 e. The average Bonchev–Trinajstić information content (AvgIpc) is 1.51. The largest absolute Gasteiger partial charge is 0.309 e. The second-order valence-electron chi connectivity index (χ2n) is 31.4. The molecule has 0 radical (unpaired) electrons. The molecular weight excluding hydrogens is 1440 g/mol. The molecular formula is C108H62N10. The van der Waals surface area contributed by atoms with Gasteiger partial charge in [0.15, 0.2) is 0 Å². The quantitative estimate of drug-likeness (QED) is 0.166. The Morgan fingerprint density at radius 2 is 0.534 bits per heavy atom. The molecule has 0 aliphatic carbocycles. The molecule has 0 saturated carbocycles. The van der Waals surface area contributed by atoms with E-state index in [4.69, 9.17) is 19.9 Å². The third-order valence-electron chi connectivity index (χ3n) is 25.5. The summed E-state index contributed by atoms with van der Waals surface area (Å²) in [6, 6.07) is 136. The molecule has 0 spiro atoms. The highest BCUT2D eigenvalue weighted by molar-refractivity contribution is 6.39. The fraction of sp³-hybridized carbons (Fsp3) is 0. The molecule has 0 bridgehead atoms. The standard InChI is InChI=1S/2C54H31N5/c1-2-16-33(17-3-1)57-45-27-13-9-22-38(45)48-39(23-14-28-46(48)57)51-37-21-6-10-24-42(37)55-54(56-51)59-44-26-12-8-20-36(44)41-31-40-35-19-7-11-25-43(35)58-47-30-29-32-15-4-5-18-34(32)49(47)50(52(40)58)53(41)59;1-2-15-34(16-3-1)57-44-23-11-7-18-36(44)40-30-33(27-28-47(40)57)51-39-21-6-10-22-43(39)55-54(56-51)59-46-25-13-9-20-38(46)42-31-41-37-19-8-12-24-45(37)58-48-29-26-32-14-4-5-17-35(32)49(48)50(52(41)58)53(42)59/h2*1-31H. The summed E-state index contributed by atoms with van der Waals surface area (Å²) in [5.74, 6) is 1.31.